The molecule has 0 saturated heterocycles. The summed E-state index contributed by atoms with van der Waals surface area (Å²) in [4.78, 5) is 24.2. The number of rotatable bonds is 7. The summed E-state index contributed by atoms with van der Waals surface area (Å²) in [6.45, 7) is 24.1. The Morgan fingerprint density at radius 2 is 1.34 bits per heavy atom. The molecule has 4 aromatic heterocycles. The zero-order chi connectivity index (χ0) is 50.6. The maximum Gasteiger partial charge on any atom is 0.163 e. The van der Waals surface area contributed by atoms with E-state index in [2.05, 4.69) is 136 Å². The SMILES string of the molecule is [2H]C([2H])([2H])c1c[c-]c(-c2ccc([Si](C)(C)C)cn2)cc1.[2H]C([2H])([2H])c1cccc2c1oc1c(-c3cc(-c4c(C(C)C)cc(-c5nc(C(C)(C)C)nc(C(C)(C)C)n5)cc4C(C)C)ccn3)[c-]ccc12.[Ir]. The Kier molecular flexibility index (Phi) is 11.8. The van der Waals surface area contributed by atoms with Crippen LogP contribution in [0.1, 0.15) is 123 Å². The average molecular weight is 1050 g/mol. The Morgan fingerprint density at radius 3 is 1.89 bits per heavy atom. The first-order chi connectivity index (χ1) is 32.0. The Balaban J connectivity index is 0.000000321. The first kappa shape index (κ1) is 40.4. The van der Waals surface area contributed by atoms with Crippen LogP contribution < -0.4 is 5.19 Å². The number of nitrogens with zero attached hydrogens (tertiary/aromatic N) is 5. The standard InChI is InChI=1S/C41H45N4O.C15H18NSi.Ir/c1-23(2)31-20-27(37-43-38(40(6,7)8)45-39(44-37)41(9,10)11)21-32(24(3)4)34(31)26-18-19-42-33(22-26)30-17-13-16-29-28-15-12-14-25(5)35(28)46-36(29)30;1-12-5-7-13(8-6-12)15-10-9-14(11-16-15)17(2,3)4;/h12-16,18-24H,1-11H3;5-7,9-11H,1-4H3;/q2*-1;/i5D3;1D3;. The number of hydrogen-bond acceptors (Lipinski definition) is 6. The van der Waals surface area contributed by atoms with Crippen LogP contribution in [0.2, 0.25) is 19.6 Å². The topological polar surface area (TPSA) is 77.6 Å². The number of furan rings is 1. The van der Waals surface area contributed by atoms with E-state index in [1.165, 1.54) is 27.9 Å². The van der Waals surface area contributed by atoms with Crippen molar-refractivity contribution in [2.75, 3.05) is 0 Å². The second-order valence-corrected chi connectivity index (χ2v) is 25.2. The number of hydrogen-bond donors (Lipinski definition) is 0. The van der Waals surface area contributed by atoms with E-state index in [0.717, 1.165) is 44.8 Å². The van der Waals surface area contributed by atoms with Gasteiger partial charge in [-0.05, 0) is 81.3 Å². The van der Waals surface area contributed by atoms with Gasteiger partial charge in [0, 0.05) is 62.5 Å². The van der Waals surface area contributed by atoms with Crippen LogP contribution in [-0.2, 0) is 30.9 Å². The maximum atomic E-state index is 8.07. The number of benzene rings is 4. The second-order valence-electron chi connectivity index (χ2n) is 20.1. The summed E-state index contributed by atoms with van der Waals surface area (Å²) in [6.07, 6.45) is 3.75. The Labute approximate surface area is 404 Å². The first-order valence-corrected chi connectivity index (χ1v) is 25.3. The van der Waals surface area contributed by atoms with E-state index in [-0.39, 0.29) is 48.3 Å². The van der Waals surface area contributed by atoms with Gasteiger partial charge in [-0.15, -0.1) is 53.6 Å². The van der Waals surface area contributed by atoms with E-state index < -0.39 is 21.8 Å². The number of fused-ring (bicyclic) bond motifs is 3. The molecule has 0 bridgehead atoms. The monoisotopic (exact) mass is 1050 g/mol. The van der Waals surface area contributed by atoms with E-state index in [4.69, 9.17) is 32.6 Å². The van der Waals surface area contributed by atoms with Crippen molar-refractivity contribution in [3.05, 3.63) is 143 Å². The maximum absolute atomic E-state index is 8.07. The van der Waals surface area contributed by atoms with Gasteiger partial charge in [0.15, 0.2) is 5.82 Å². The quantitative estimate of drug-likeness (QED) is 0.117. The molecule has 1 radical (unpaired) electrons. The summed E-state index contributed by atoms with van der Waals surface area (Å²) < 4.78 is 52.6. The molecule has 8 aromatic rings. The number of aryl methyl sites for hydroxylation is 2. The van der Waals surface area contributed by atoms with Crippen molar-refractivity contribution in [2.45, 2.75) is 125 Å². The van der Waals surface area contributed by atoms with Gasteiger partial charge >= 0.3 is 0 Å². The van der Waals surface area contributed by atoms with Gasteiger partial charge in [-0.1, -0.05) is 143 Å². The normalized spacial score (nSPS) is 13.9. The summed E-state index contributed by atoms with van der Waals surface area (Å²) >= 11 is 0. The molecule has 8 rings (SSSR count). The molecule has 0 atom stereocenters. The molecule has 6 nitrogen and oxygen atoms in total. The second kappa shape index (κ2) is 18.8. The predicted octanol–water partition coefficient (Wildman–Crippen LogP) is 14.5. The Bertz CT molecular complexity index is 3030. The summed E-state index contributed by atoms with van der Waals surface area (Å²) in [7, 11) is -1.34. The van der Waals surface area contributed by atoms with Gasteiger partial charge in [0.05, 0.1) is 13.7 Å². The Hall–Kier alpha value is -5.14. The third-order valence-corrected chi connectivity index (χ3v) is 13.2. The van der Waals surface area contributed by atoms with Gasteiger partial charge in [-0.2, -0.15) is 0 Å². The molecule has 0 aliphatic carbocycles. The van der Waals surface area contributed by atoms with E-state index in [1.807, 2.05) is 36.7 Å². The van der Waals surface area contributed by atoms with Crippen LogP contribution in [0, 0.1) is 25.8 Å². The molecular formula is C56H63IrN5OSi-2. The molecule has 64 heavy (non-hydrogen) atoms. The van der Waals surface area contributed by atoms with E-state index in [1.54, 1.807) is 24.3 Å². The molecule has 333 valence electrons. The number of aromatic nitrogens is 5. The largest absolute Gasteiger partial charge is 0.500 e. The van der Waals surface area contributed by atoms with Crippen LogP contribution in [0.3, 0.4) is 0 Å². The van der Waals surface area contributed by atoms with Gasteiger partial charge in [-0.25, -0.2) is 15.0 Å². The van der Waals surface area contributed by atoms with Crippen molar-refractivity contribution in [3.63, 3.8) is 0 Å². The van der Waals surface area contributed by atoms with Crippen LogP contribution in [0.4, 0.5) is 0 Å². The molecule has 0 unspecified atom stereocenters. The molecule has 4 heterocycles. The zero-order valence-corrected chi connectivity index (χ0v) is 42.8. The van der Waals surface area contributed by atoms with Crippen molar-refractivity contribution in [2.24, 2.45) is 0 Å². The first-order valence-electron chi connectivity index (χ1n) is 24.8. The summed E-state index contributed by atoms with van der Waals surface area (Å²) in [6, 6.07) is 33.0. The van der Waals surface area contributed by atoms with Crippen molar-refractivity contribution in [3.8, 4) is 45.0 Å². The molecule has 8 heteroatoms. The van der Waals surface area contributed by atoms with Crippen LogP contribution >= 0.6 is 0 Å². The summed E-state index contributed by atoms with van der Waals surface area (Å²) in [5, 5.41) is 2.90. The molecule has 0 aliphatic heterocycles. The molecule has 0 saturated carbocycles. The minimum atomic E-state index is -2.30. The van der Waals surface area contributed by atoms with Crippen molar-refractivity contribution in [1.29, 1.82) is 0 Å². The van der Waals surface area contributed by atoms with Gasteiger partial charge in [0.25, 0.3) is 0 Å². The van der Waals surface area contributed by atoms with Gasteiger partial charge in [0.1, 0.15) is 17.2 Å². The number of para-hydroxylation sites is 1. The third kappa shape index (κ3) is 10.4. The fourth-order valence-electron chi connectivity index (χ4n) is 7.49. The number of pyridine rings is 2. The molecule has 4 aromatic carbocycles. The van der Waals surface area contributed by atoms with Crippen LogP contribution in [0.25, 0.3) is 67.0 Å². The molecular weight excluding hydrogens is 979 g/mol. The zero-order valence-electron chi connectivity index (χ0n) is 45.4. The minimum absolute atomic E-state index is 0. The van der Waals surface area contributed by atoms with Crippen molar-refractivity contribution in [1.82, 2.24) is 24.9 Å². The molecule has 0 aliphatic rings. The fraction of sp³-hybridized carbons (Fsp3) is 0.339. The van der Waals surface area contributed by atoms with Gasteiger partial charge in [-0.3, -0.25) is 0 Å². The van der Waals surface area contributed by atoms with Crippen LogP contribution in [0.5, 0.6) is 0 Å². The predicted molar refractivity (Wildman–Crippen MR) is 267 cm³/mol. The molecule has 0 amide bonds. The Morgan fingerprint density at radius 1 is 0.672 bits per heavy atom. The van der Waals surface area contributed by atoms with Gasteiger partial charge in [0.2, 0.25) is 0 Å². The fourth-order valence-corrected chi connectivity index (χ4v) is 8.53. The van der Waals surface area contributed by atoms with E-state index in [0.29, 0.717) is 33.8 Å². The third-order valence-electron chi connectivity index (χ3n) is 11.2. The van der Waals surface area contributed by atoms with Crippen LogP contribution in [0.15, 0.2) is 102 Å². The minimum Gasteiger partial charge on any atom is -0.500 e. The van der Waals surface area contributed by atoms with Crippen LogP contribution in [-0.4, -0.2) is 33.0 Å². The van der Waals surface area contributed by atoms with E-state index >= 15 is 0 Å². The molecule has 0 spiro atoms. The van der Waals surface area contributed by atoms with Crippen molar-refractivity contribution < 1.29 is 32.7 Å². The van der Waals surface area contributed by atoms with Gasteiger partial charge < -0.3 is 14.4 Å². The smallest absolute Gasteiger partial charge is 0.163 e. The summed E-state index contributed by atoms with van der Waals surface area (Å²) in [5.41, 5.74) is 9.58. The summed E-state index contributed by atoms with van der Waals surface area (Å²) in [5.74, 6) is 2.67. The average Bonchev–Trinajstić information content (AvgIpc) is 3.66. The molecule has 0 N–H and O–H groups in total. The van der Waals surface area contributed by atoms with E-state index in [9.17, 15) is 0 Å². The van der Waals surface area contributed by atoms with Crippen molar-refractivity contribution >= 4 is 35.2 Å². The molecule has 0 fully saturated rings.